The van der Waals surface area contributed by atoms with Crippen molar-refractivity contribution in [3.63, 3.8) is 0 Å². The maximum Gasteiger partial charge on any atom is 0.187 e. The Bertz CT molecular complexity index is 1070. The standard InChI is InChI=1S/C33H42O8/c34-18-10-20-36-25-29-30(37-21-11-19-35)31(38-22-26-12-4-1-5-13-26)32(39-23-27-14-6-2-7-15-27)33(41-29)40-24-28-16-8-3-9-17-28/h1-9,12-17,29-35H,10-11,18-25H2/t29-,30-,31+,32-,33+/m1/s1. The molecule has 1 fully saturated rings. The summed E-state index contributed by atoms with van der Waals surface area (Å²) in [6.45, 7) is 2.01. The minimum Gasteiger partial charge on any atom is -0.396 e. The van der Waals surface area contributed by atoms with E-state index in [-0.39, 0.29) is 19.8 Å². The molecule has 222 valence electrons. The van der Waals surface area contributed by atoms with Crippen LogP contribution in [0.4, 0.5) is 0 Å². The van der Waals surface area contributed by atoms with Crippen molar-refractivity contribution in [1.82, 2.24) is 0 Å². The van der Waals surface area contributed by atoms with Crippen molar-refractivity contribution in [2.45, 2.75) is 63.4 Å². The van der Waals surface area contributed by atoms with E-state index in [2.05, 4.69) is 0 Å². The lowest BCUT2D eigenvalue weighted by atomic mass is 9.97. The van der Waals surface area contributed by atoms with Gasteiger partial charge in [0.15, 0.2) is 6.29 Å². The zero-order valence-electron chi connectivity index (χ0n) is 23.5. The molecule has 0 unspecified atom stereocenters. The fourth-order valence-corrected chi connectivity index (χ4v) is 4.65. The molecule has 3 aromatic rings. The monoisotopic (exact) mass is 566 g/mol. The van der Waals surface area contributed by atoms with Crippen molar-refractivity contribution in [3.8, 4) is 0 Å². The number of aliphatic hydroxyl groups is 2. The van der Waals surface area contributed by atoms with Crippen molar-refractivity contribution in [2.24, 2.45) is 0 Å². The number of hydrogen-bond donors (Lipinski definition) is 2. The van der Waals surface area contributed by atoms with Gasteiger partial charge in [-0.25, -0.2) is 0 Å². The normalized spacial score (nSPS) is 22.5. The van der Waals surface area contributed by atoms with Gasteiger partial charge < -0.3 is 38.6 Å². The van der Waals surface area contributed by atoms with Crippen molar-refractivity contribution in [2.75, 3.05) is 33.0 Å². The van der Waals surface area contributed by atoms with Gasteiger partial charge in [0.1, 0.15) is 24.4 Å². The SMILES string of the molecule is OCCCOC[C@H]1O[C@H](OCc2ccccc2)[C@H](OCc2ccccc2)[C@@H](OCc2ccccc2)[C@@H]1OCCCO. The van der Waals surface area contributed by atoms with E-state index >= 15 is 0 Å². The summed E-state index contributed by atoms with van der Waals surface area (Å²) in [5.41, 5.74) is 3.05. The molecule has 0 saturated carbocycles. The van der Waals surface area contributed by atoms with E-state index in [0.29, 0.717) is 45.9 Å². The van der Waals surface area contributed by atoms with Crippen molar-refractivity contribution in [3.05, 3.63) is 108 Å². The molecule has 5 atom stereocenters. The molecule has 1 heterocycles. The van der Waals surface area contributed by atoms with Crippen LogP contribution in [-0.4, -0.2) is 74.0 Å². The molecule has 0 bridgehead atoms. The van der Waals surface area contributed by atoms with E-state index in [1.54, 1.807) is 0 Å². The van der Waals surface area contributed by atoms with Crippen LogP contribution in [0.1, 0.15) is 29.5 Å². The third-order valence-electron chi connectivity index (χ3n) is 6.76. The van der Waals surface area contributed by atoms with Gasteiger partial charge in [0.05, 0.1) is 26.4 Å². The highest BCUT2D eigenvalue weighted by Crippen LogP contribution is 2.31. The van der Waals surface area contributed by atoms with Gasteiger partial charge >= 0.3 is 0 Å². The van der Waals surface area contributed by atoms with Gasteiger partial charge in [-0.15, -0.1) is 0 Å². The molecular formula is C33H42O8. The number of ether oxygens (including phenoxy) is 6. The van der Waals surface area contributed by atoms with Crippen LogP contribution >= 0.6 is 0 Å². The van der Waals surface area contributed by atoms with Gasteiger partial charge in [0.25, 0.3) is 0 Å². The van der Waals surface area contributed by atoms with E-state index in [0.717, 1.165) is 16.7 Å². The lowest BCUT2D eigenvalue weighted by Crippen LogP contribution is -2.62. The van der Waals surface area contributed by atoms with Gasteiger partial charge in [0, 0.05) is 26.4 Å². The predicted octanol–water partition coefficient (Wildman–Crippen LogP) is 4.27. The van der Waals surface area contributed by atoms with Crippen LogP contribution in [0.5, 0.6) is 0 Å². The minimum absolute atomic E-state index is 0.0114. The van der Waals surface area contributed by atoms with Crippen LogP contribution in [0, 0.1) is 0 Å². The quantitative estimate of drug-likeness (QED) is 0.221. The number of rotatable bonds is 18. The Labute approximate surface area is 242 Å². The number of hydrogen-bond acceptors (Lipinski definition) is 8. The molecule has 1 saturated heterocycles. The average molecular weight is 567 g/mol. The number of benzene rings is 3. The van der Waals surface area contributed by atoms with Crippen LogP contribution in [0.2, 0.25) is 0 Å². The summed E-state index contributed by atoms with van der Waals surface area (Å²) in [5.74, 6) is 0. The molecule has 2 N–H and O–H groups in total. The van der Waals surface area contributed by atoms with E-state index in [1.165, 1.54) is 0 Å². The van der Waals surface area contributed by atoms with Crippen LogP contribution < -0.4 is 0 Å². The molecule has 0 amide bonds. The highest BCUT2D eigenvalue weighted by Gasteiger charge is 2.49. The summed E-state index contributed by atoms with van der Waals surface area (Å²) >= 11 is 0. The Hall–Kier alpha value is -2.66. The Kier molecular flexibility index (Phi) is 13.7. The first-order chi connectivity index (χ1) is 20.3. The first kappa shape index (κ1) is 31.3. The molecule has 0 aliphatic carbocycles. The first-order valence-corrected chi connectivity index (χ1v) is 14.3. The van der Waals surface area contributed by atoms with E-state index in [4.69, 9.17) is 28.4 Å². The fraction of sp³-hybridized carbons (Fsp3) is 0.455. The number of aliphatic hydroxyl groups excluding tert-OH is 2. The maximum atomic E-state index is 9.43. The summed E-state index contributed by atoms with van der Waals surface area (Å²) in [6, 6.07) is 29.8. The first-order valence-electron chi connectivity index (χ1n) is 14.3. The largest absolute Gasteiger partial charge is 0.396 e. The van der Waals surface area contributed by atoms with E-state index in [1.807, 2.05) is 91.0 Å². The molecule has 1 aliphatic rings. The molecule has 4 rings (SSSR count). The molecule has 0 aromatic heterocycles. The molecule has 0 spiro atoms. The highest BCUT2D eigenvalue weighted by atomic mass is 16.7. The molecule has 3 aromatic carbocycles. The van der Waals surface area contributed by atoms with Crippen LogP contribution in [0.3, 0.4) is 0 Å². The lowest BCUT2D eigenvalue weighted by molar-refractivity contribution is -0.329. The second-order valence-corrected chi connectivity index (χ2v) is 9.93. The maximum absolute atomic E-state index is 9.43. The molecule has 8 nitrogen and oxygen atoms in total. The molecular weight excluding hydrogens is 524 g/mol. The van der Waals surface area contributed by atoms with E-state index in [9.17, 15) is 10.2 Å². The van der Waals surface area contributed by atoms with Gasteiger partial charge in [0.2, 0.25) is 0 Å². The smallest absolute Gasteiger partial charge is 0.187 e. The van der Waals surface area contributed by atoms with Crippen LogP contribution in [-0.2, 0) is 48.2 Å². The van der Waals surface area contributed by atoms with Crippen LogP contribution in [0.25, 0.3) is 0 Å². The third kappa shape index (κ3) is 10.3. The topological polar surface area (TPSA) is 95.8 Å². The summed E-state index contributed by atoms with van der Waals surface area (Å²) in [4.78, 5) is 0. The van der Waals surface area contributed by atoms with Gasteiger partial charge in [-0.3, -0.25) is 0 Å². The van der Waals surface area contributed by atoms with Crippen molar-refractivity contribution < 1.29 is 38.6 Å². The summed E-state index contributed by atoms with van der Waals surface area (Å²) < 4.78 is 38.2. The fourth-order valence-electron chi connectivity index (χ4n) is 4.65. The molecule has 1 aliphatic heterocycles. The second kappa shape index (κ2) is 18.0. The van der Waals surface area contributed by atoms with Gasteiger partial charge in [-0.1, -0.05) is 91.0 Å². The second-order valence-electron chi connectivity index (χ2n) is 9.93. The lowest BCUT2D eigenvalue weighted by Gasteiger charge is -2.46. The Morgan fingerprint density at radius 1 is 0.537 bits per heavy atom. The third-order valence-corrected chi connectivity index (χ3v) is 6.76. The minimum atomic E-state index is -0.760. The Morgan fingerprint density at radius 2 is 1.02 bits per heavy atom. The predicted molar refractivity (Wildman–Crippen MR) is 154 cm³/mol. The van der Waals surface area contributed by atoms with Gasteiger partial charge in [-0.2, -0.15) is 0 Å². The molecule has 8 heteroatoms. The highest BCUT2D eigenvalue weighted by molar-refractivity contribution is 5.15. The average Bonchev–Trinajstić information content (AvgIpc) is 3.02. The van der Waals surface area contributed by atoms with Crippen molar-refractivity contribution in [1.29, 1.82) is 0 Å². The Morgan fingerprint density at radius 3 is 1.56 bits per heavy atom. The summed E-state index contributed by atoms with van der Waals surface area (Å²) in [6.07, 6.45) is -2.00. The zero-order chi connectivity index (χ0) is 28.5. The van der Waals surface area contributed by atoms with Gasteiger partial charge in [-0.05, 0) is 29.5 Å². The summed E-state index contributed by atoms with van der Waals surface area (Å²) in [5, 5.41) is 18.6. The summed E-state index contributed by atoms with van der Waals surface area (Å²) in [7, 11) is 0. The molecule has 0 radical (unpaired) electrons. The van der Waals surface area contributed by atoms with Crippen LogP contribution in [0.15, 0.2) is 91.0 Å². The zero-order valence-corrected chi connectivity index (χ0v) is 23.5. The molecule has 41 heavy (non-hydrogen) atoms. The van der Waals surface area contributed by atoms with Crippen molar-refractivity contribution >= 4 is 0 Å². The van der Waals surface area contributed by atoms with E-state index < -0.39 is 30.7 Å². The Balaban J connectivity index is 1.60.